The number of nitro groups is 1. The van der Waals surface area contributed by atoms with E-state index in [2.05, 4.69) is 12.2 Å². The monoisotopic (exact) mass is 298 g/mol. The van der Waals surface area contributed by atoms with Gasteiger partial charge in [0.05, 0.1) is 4.92 Å². The largest absolute Gasteiger partial charge is 0.381 e. The molecule has 1 aliphatic rings. The number of nitrogens with zero attached hydrogens (tertiary/aromatic N) is 1. The molecule has 1 N–H and O–H groups in total. The van der Waals surface area contributed by atoms with Gasteiger partial charge in [-0.2, -0.15) is 0 Å². The average Bonchev–Trinajstić information content (AvgIpc) is 2.41. The van der Waals surface area contributed by atoms with Crippen molar-refractivity contribution >= 4 is 17.3 Å². The molecule has 0 aromatic heterocycles. The molecule has 2 rings (SSSR count). The van der Waals surface area contributed by atoms with Crippen molar-refractivity contribution in [1.29, 1.82) is 0 Å². The molecule has 110 valence electrons. The summed E-state index contributed by atoms with van der Waals surface area (Å²) in [6.07, 6.45) is 2.06. The van der Waals surface area contributed by atoms with Gasteiger partial charge in [0.1, 0.15) is 0 Å². The second kappa shape index (κ2) is 6.52. The van der Waals surface area contributed by atoms with Crippen molar-refractivity contribution in [2.75, 3.05) is 19.8 Å². The lowest BCUT2D eigenvalue weighted by molar-refractivity contribution is -0.384. The number of halogens is 1. The third kappa shape index (κ3) is 3.91. The van der Waals surface area contributed by atoms with E-state index in [4.69, 9.17) is 16.3 Å². The van der Waals surface area contributed by atoms with Crippen LogP contribution in [0.2, 0.25) is 5.02 Å². The van der Waals surface area contributed by atoms with Gasteiger partial charge in [0.15, 0.2) is 0 Å². The van der Waals surface area contributed by atoms with E-state index in [1.807, 2.05) is 0 Å². The Hall–Kier alpha value is -1.17. The van der Waals surface area contributed by atoms with Gasteiger partial charge < -0.3 is 10.1 Å². The van der Waals surface area contributed by atoms with E-state index >= 15 is 0 Å². The fraction of sp³-hybridized carbons (Fsp3) is 0.571. The molecule has 1 aromatic rings. The molecule has 1 aliphatic heterocycles. The summed E-state index contributed by atoms with van der Waals surface area (Å²) in [4.78, 5) is 10.4. The number of rotatable bonds is 5. The van der Waals surface area contributed by atoms with Crippen LogP contribution < -0.4 is 5.32 Å². The SMILES string of the molecule is CC1(CNCc2cc([N+](=O)[O-])ccc2Cl)CCOCC1. The van der Waals surface area contributed by atoms with E-state index in [-0.39, 0.29) is 11.1 Å². The third-order valence-corrected chi connectivity index (χ3v) is 4.18. The second-order valence-corrected chi connectivity index (χ2v) is 5.97. The molecule has 0 aliphatic carbocycles. The number of benzene rings is 1. The van der Waals surface area contributed by atoms with Crippen LogP contribution in [0.15, 0.2) is 18.2 Å². The Kier molecular flexibility index (Phi) is 4.96. The highest BCUT2D eigenvalue weighted by Gasteiger charge is 2.26. The lowest BCUT2D eigenvalue weighted by atomic mass is 9.82. The number of hydrogen-bond acceptors (Lipinski definition) is 4. The van der Waals surface area contributed by atoms with E-state index in [1.54, 1.807) is 6.07 Å². The van der Waals surface area contributed by atoms with Gasteiger partial charge in [-0.05, 0) is 29.9 Å². The Labute approximate surface area is 123 Å². The summed E-state index contributed by atoms with van der Waals surface area (Å²) in [5, 5.41) is 14.7. The van der Waals surface area contributed by atoms with Gasteiger partial charge in [-0.3, -0.25) is 10.1 Å². The van der Waals surface area contributed by atoms with Crippen LogP contribution in [-0.4, -0.2) is 24.7 Å². The molecule has 0 atom stereocenters. The standard InChI is InChI=1S/C14H19ClN2O3/c1-14(4-6-20-7-5-14)10-16-9-11-8-12(17(18)19)2-3-13(11)15/h2-3,8,16H,4-7,9-10H2,1H3. The molecule has 20 heavy (non-hydrogen) atoms. The van der Waals surface area contributed by atoms with Crippen LogP contribution >= 0.6 is 11.6 Å². The van der Waals surface area contributed by atoms with Gasteiger partial charge in [-0.15, -0.1) is 0 Å². The quantitative estimate of drug-likeness (QED) is 0.670. The lowest BCUT2D eigenvalue weighted by Crippen LogP contribution is -2.36. The van der Waals surface area contributed by atoms with E-state index in [1.165, 1.54) is 12.1 Å². The van der Waals surface area contributed by atoms with Crippen LogP contribution in [0.1, 0.15) is 25.3 Å². The first-order chi connectivity index (χ1) is 9.50. The summed E-state index contributed by atoms with van der Waals surface area (Å²) >= 11 is 6.07. The maximum Gasteiger partial charge on any atom is 0.269 e. The number of nitro benzene ring substituents is 1. The van der Waals surface area contributed by atoms with Crippen molar-refractivity contribution in [3.8, 4) is 0 Å². The molecule has 0 radical (unpaired) electrons. The average molecular weight is 299 g/mol. The van der Waals surface area contributed by atoms with Crippen molar-refractivity contribution in [2.45, 2.75) is 26.3 Å². The number of nitrogens with one attached hydrogen (secondary N) is 1. The van der Waals surface area contributed by atoms with Crippen LogP contribution in [0.4, 0.5) is 5.69 Å². The smallest absolute Gasteiger partial charge is 0.269 e. The van der Waals surface area contributed by atoms with E-state index in [9.17, 15) is 10.1 Å². The minimum atomic E-state index is -0.403. The van der Waals surface area contributed by atoms with Crippen molar-refractivity contribution in [2.24, 2.45) is 5.41 Å². The first-order valence-electron chi connectivity index (χ1n) is 6.71. The van der Waals surface area contributed by atoms with Gasteiger partial charge in [0, 0.05) is 43.5 Å². The summed E-state index contributed by atoms with van der Waals surface area (Å²) in [7, 11) is 0. The van der Waals surface area contributed by atoms with E-state index in [0.717, 1.165) is 38.2 Å². The molecule has 0 amide bonds. The molecule has 1 heterocycles. The second-order valence-electron chi connectivity index (χ2n) is 5.56. The first kappa shape index (κ1) is 15.2. The Morgan fingerprint density at radius 1 is 1.45 bits per heavy atom. The number of ether oxygens (including phenoxy) is 1. The minimum absolute atomic E-state index is 0.0727. The van der Waals surface area contributed by atoms with Gasteiger partial charge >= 0.3 is 0 Å². The van der Waals surface area contributed by atoms with Crippen LogP contribution in [0.3, 0.4) is 0 Å². The number of non-ortho nitro benzene ring substituents is 1. The number of hydrogen-bond donors (Lipinski definition) is 1. The van der Waals surface area contributed by atoms with Crippen molar-refractivity contribution in [1.82, 2.24) is 5.32 Å². The molecule has 0 saturated carbocycles. The topological polar surface area (TPSA) is 64.4 Å². The summed E-state index contributed by atoms with van der Waals surface area (Å²) in [6.45, 7) is 5.23. The molecule has 6 heteroatoms. The van der Waals surface area contributed by atoms with Gasteiger partial charge in [0.2, 0.25) is 0 Å². The van der Waals surface area contributed by atoms with Gasteiger partial charge in [-0.1, -0.05) is 18.5 Å². The molecule has 1 aromatic carbocycles. The summed E-state index contributed by atoms with van der Waals surface area (Å²) in [5.74, 6) is 0. The van der Waals surface area contributed by atoms with Crippen molar-refractivity contribution in [3.63, 3.8) is 0 Å². The molecule has 1 saturated heterocycles. The highest BCUT2D eigenvalue weighted by molar-refractivity contribution is 6.31. The highest BCUT2D eigenvalue weighted by atomic mass is 35.5. The maximum absolute atomic E-state index is 10.8. The third-order valence-electron chi connectivity index (χ3n) is 3.81. The van der Waals surface area contributed by atoms with Crippen molar-refractivity contribution in [3.05, 3.63) is 38.9 Å². The zero-order valence-electron chi connectivity index (χ0n) is 11.5. The summed E-state index contributed by atoms with van der Waals surface area (Å²) in [6, 6.07) is 4.53. The summed E-state index contributed by atoms with van der Waals surface area (Å²) < 4.78 is 5.37. The Morgan fingerprint density at radius 3 is 2.80 bits per heavy atom. The molecule has 0 bridgehead atoms. The minimum Gasteiger partial charge on any atom is -0.381 e. The van der Waals surface area contributed by atoms with Gasteiger partial charge in [-0.25, -0.2) is 0 Å². The summed E-state index contributed by atoms with van der Waals surface area (Å²) in [5.41, 5.74) is 1.06. The predicted molar refractivity (Wildman–Crippen MR) is 78.0 cm³/mol. The zero-order chi connectivity index (χ0) is 14.6. The van der Waals surface area contributed by atoms with Crippen LogP contribution in [0, 0.1) is 15.5 Å². The lowest BCUT2D eigenvalue weighted by Gasteiger charge is -2.33. The first-order valence-corrected chi connectivity index (χ1v) is 7.09. The maximum atomic E-state index is 10.8. The molecule has 1 fully saturated rings. The van der Waals surface area contributed by atoms with Crippen LogP contribution in [0.25, 0.3) is 0 Å². The predicted octanol–water partition coefficient (Wildman–Crippen LogP) is 3.15. The van der Waals surface area contributed by atoms with Crippen molar-refractivity contribution < 1.29 is 9.66 Å². The van der Waals surface area contributed by atoms with E-state index < -0.39 is 4.92 Å². The Morgan fingerprint density at radius 2 is 2.15 bits per heavy atom. The molecule has 0 spiro atoms. The fourth-order valence-electron chi connectivity index (χ4n) is 2.35. The fourth-order valence-corrected chi connectivity index (χ4v) is 2.53. The highest BCUT2D eigenvalue weighted by Crippen LogP contribution is 2.29. The van der Waals surface area contributed by atoms with Crippen LogP contribution in [-0.2, 0) is 11.3 Å². The molecular formula is C14H19ClN2O3. The molecule has 0 unspecified atom stereocenters. The van der Waals surface area contributed by atoms with E-state index in [0.29, 0.717) is 11.6 Å². The Balaban J connectivity index is 1.93. The molecule has 5 nitrogen and oxygen atoms in total. The Bertz CT molecular complexity index is 487. The van der Waals surface area contributed by atoms with Crippen LogP contribution in [0.5, 0.6) is 0 Å². The normalized spacial score (nSPS) is 17.9. The van der Waals surface area contributed by atoms with Gasteiger partial charge in [0.25, 0.3) is 5.69 Å². The zero-order valence-corrected chi connectivity index (χ0v) is 12.3. The molecular weight excluding hydrogens is 280 g/mol.